The molecule has 0 amide bonds. The van der Waals surface area contributed by atoms with Crippen LogP contribution in [-0.4, -0.2) is 19.9 Å². The van der Waals surface area contributed by atoms with E-state index in [9.17, 15) is 0 Å². The zero-order valence-corrected chi connectivity index (χ0v) is 16.2. The number of hydrogen-bond donors (Lipinski definition) is 0. The van der Waals surface area contributed by atoms with Crippen molar-refractivity contribution in [2.45, 2.75) is 57.5 Å². The predicted molar refractivity (Wildman–Crippen MR) is 101 cm³/mol. The van der Waals surface area contributed by atoms with Gasteiger partial charge in [0.2, 0.25) is 0 Å². The van der Waals surface area contributed by atoms with E-state index in [0.717, 1.165) is 34.5 Å². The van der Waals surface area contributed by atoms with Gasteiger partial charge in [0.25, 0.3) is 0 Å². The Kier molecular flexibility index (Phi) is 4.99. The zero-order chi connectivity index (χ0) is 18.0. The molecule has 2 aromatic heterocycles. The Balaban J connectivity index is 1.81. The van der Waals surface area contributed by atoms with E-state index in [-0.39, 0.29) is 5.41 Å². The molecule has 3 aromatic rings. The number of aromatic nitrogens is 4. The van der Waals surface area contributed by atoms with Gasteiger partial charge in [-0.25, -0.2) is 0 Å². The van der Waals surface area contributed by atoms with Gasteiger partial charge in [0.05, 0.1) is 11.4 Å². The second-order valence-electron chi connectivity index (χ2n) is 7.10. The first-order valence-corrected chi connectivity index (χ1v) is 9.46. The first-order chi connectivity index (χ1) is 11.9. The van der Waals surface area contributed by atoms with Crippen molar-refractivity contribution in [3.63, 3.8) is 0 Å². The van der Waals surface area contributed by atoms with Crippen LogP contribution in [0.25, 0.3) is 11.4 Å². The summed E-state index contributed by atoms with van der Waals surface area (Å²) < 4.78 is 7.41. The van der Waals surface area contributed by atoms with E-state index in [2.05, 4.69) is 71.9 Å². The minimum Gasteiger partial charge on any atom is -0.360 e. The molecule has 0 N–H and O–H groups in total. The van der Waals surface area contributed by atoms with Crippen LogP contribution in [0.3, 0.4) is 0 Å². The average molecular weight is 356 g/mol. The van der Waals surface area contributed by atoms with Gasteiger partial charge in [0.15, 0.2) is 11.0 Å². The van der Waals surface area contributed by atoms with Crippen molar-refractivity contribution in [3.8, 4) is 11.4 Å². The molecule has 0 aliphatic rings. The number of aryl methyl sites for hydroxylation is 1. The highest BCUT2D eigenvalue weighted by atomic mass is 32.2. The number of nitrogens with zero attached hydrogens (tertiary/aromatic N) is 4. The van der Waals surface area contributed by atoms with Gasteiger partial charge >= 0.3 is 0 Å². The average Bonchev–Trinajstić information content (AvgIpc) is 3.17. The summed E-state index contributed by atoms with van der Waals surface area (Å²) in [6.45, 7) is 11.5. The van der Waals surface area contributed by atoms with Gasteiger partial charge in [-0.1, -0.05) is 62.0 Å². The lowest BCUT2D eigenvalue weighted by atomic mass is 9.87. The summed E-state index contributed by atoms with van der Waals surface area (Å²) in [6, 6.07) is 10.6. The van der Waals surface area contributed by atoms with Gasteiger partial charge in [-0.15, -0.1) is 10.2 Å². The van der Waals surface area contributed by atoms with Gasteiger partial charge in [0.1, 0.15) is 5.76 Å². The predicted octanol–water partition coefficient (Wildman–Crippen LogP) is 4.85. The molecule has 0 aliphatic heterocycles. The lowest BCUT2D eigenvalue weighted by molar-refractivity contribution is 0.391. The molecule has 0 radical (unpaired) electrons. The van der Waals surface area contributed by atoms with E-state index in [1.54, 1.807) is 11.8 Å². The quantitative estimate of drug-likeness (QED) is 0.612. The van der Waals surface area contributed by atoms with E-state index in [1.807, 2.05) is 13.0 Å². The molecule has 0 bridgehead atoms. The molecule has 0 fully saturated rings. The number of benzene rings is 1. The maximum atomic E-state index is 5.27. The molecule has 3 rings (SSSR count). The summed E-state index contributed by atoms with van der Waals surface area (Å²) in [5.41, 5.74) is 3.44. The van der Waals surface area contributed by atoms with Gasteiger partial charge in [-0.2, -0.15) is 0 Å². The minimum absolute atomic E-state index is 0.146. The highest BCUT2D eigenvalue weighted by Gasteiger charge is 2.16. The smallest absolute Gasteiger partial charge is 0.191 e. The molecule has 132 valence electrons. The first kappa shape index (κ1) is 17.7. The van der Waals surface area contributed by atoms with Crippen molar-refractivity contribution in [1.29, 1.82) is 0 Å². The van der Waals surface area contributed by atoms with Crippen LogP contribution in [0.5, 0.6) is 0 Å². The van der Waals surface area contributed by atoms with Gasteiger partial charge in [0, 0.05) is 18.2 Å². The van der Waals surface area contributed by atoms with E-state index in [1.165, 1.54) is 5.56 Å². The number of rotatable bonds is 5. The van der Waals surface area contributed by atoms with E-state index < -0.39 is 0 Å². The highest BCUT2D eigenvalue weighted by Crippen LogP contribution is 2.28. The topological polar surface area (TPSA) is 56.7 Å². The summed E-state index contributed by atoms with van der Waals surface area (Å²) in [5, 5.41) is 13.6. The molecule has 25 heavy (non-hydrogen) atoms. The Morgan fingerprint density at radius 2 is 1.84 bits per heavy atom. The first-order valence-electron chi connectivity index (χ1n) is 8.47. The van der Waals surface area contributed by atoms with Crippen molar-refractivity contribution in [3.05, 3.63) is 47.3 Å². The molecule has 0 saturated carbocycles. The molecule has 0 unspecified atom stereocenters. The van der Waals surface area contributed by atoms with Crippen LogP contribution >= 0.6 is 11.8 Å². The van der Waals surface area contributed by atoms with E-state index in [0.29, 0.717) is 5.75 Å². The molecule has 0 aliphatic carbocycles. The molecule has 5 nitrogen and oxygen atoms in total. The Labute approximate surface area is 152 Å². The van der Waals surface area contributed by atoms with Crippen LogP contribution in [0, 0.1) is 6.92 Å². The molecule has 6 heteroatoms. The Bertz CT molecular complexity index is 843. The molecule has 0 saturated heterocycles. The van der Waals surface area contributed by atoms with Crippen LogP contribution < -0.4 is 0 Å². The number of thioether (sulfide) groups is 1. The van der Waals surface area contributed by atoms with Crippen molar-refractivity contribution in [1.82, 2.24) is 19.9 Å². The second-order valence-corrected chi connectivity index (χ2v) is 8.04. The molecule has 0 spiro atoms. The van der Waals surface area contributed by atoms with Crippen LogP contribution in [0.15, 0.2) is 40.0 Å². The summed E-state index contributed by atoms with van der Waals surface area (Å²) in [4.78, 5) is 0. The summed E-state index contributed by atoms with van der Waals surface area (Å²) in [6.07, 6.45) is 0. The standard InChI is InChI=1S/C19H24N4OS/c1-6-23-17(14-7-9-15(10-8-14)19(3,4)5)20-21-18(23)25-12-16-11-13(2)22-24-16/h7-11H,6,12H2,1-5H3. The third kappa shape index (κ3) is 3.95. The summed E-state index contributed by atoms with van der Waals surface area (Å²) in [7, 11) is 0. The monoisotopic (exact) mass is 356 g/mol. The maximum absolute atomic E-state index is 5.27. The molecular weight excluding hydrogens is 332 g/mol. The molecule has 2 heterocycles. The normalized spacial score (nSPS) is 11.9. The lowest BCUT2D eigenvalue weighted by Crippen LogP contribution is -2.10. The van der Waals surface area contributed by atoms with Crippen molar-refractivity contribution >= 4 is 11.8 Å². The van der Waals surface area contributed by atoms with E-state index >= 15 is 0 Å². The van der Waals surface area contributed by atoms with Gasteiger partial charge < -0.3 is 9.09 Å². The van der Waals surface area contributed by atoms with Gasteiger partial charge in [-0.3, -0.25) is 0 Å². The summed E-state index contributed by atoms with van der Waals surface area (Å²) >= 11 is 1.62. The minimum atomic E-state index is 0.146. The second kappa shape index (κ2) is 7.04. The van der Waals surface area contributed by atoms with Crippen molar-refractivity contribution in [2.24, 2.45) is 0 Å². The van der Waals surface area contributed by atoms with Crippen LogP contribution in [0.1, 0.15) is 44.7 Å². The molecular formula is C19H24N4OS. The maximum Gasteiger partial charge on any atom is 0.191 e. The number of hydrogen-bond acceptors (Lipinski definition) is 5. The largest absolute Gasteiger partial charge is 0.360 e. The van der Waals surface area contributed by atoms with E-state index in [4.69, 9.17) is 4.52 Å². The van der Waals surface area contributed by atoms with Crippen LogP contribution in [0.4, 0.5) is 0 Å². The van der Waals surface area contributed by atoms with Crippen LogP contribution in [-0.2, 0) is 17.7 Å². The SMILES string of the molecule is CCn1c(SCc2cc(C)no2)nnc1-c1ccc(C(C)(C)C)cc1. The lowest BCUT2D eigenvalue weighted by Gasteiger charge is -2.19. The highest BCUT2D eigenvalue weighted by molar-refractivity contribution is 7.98. The Hall–Kier alpha value is -2.08. The zero-order valence-electron chi connectivity index (χ0n) is 15.4. The third-order valence-corrected chi connectivity index (χ3v) is 5.05. The fourth-order valence-corrected chi connectivity index (χ4v) is 3.51. The summed E-state index contributed by atoms with van der Waals surface area (Å²) in [5.74, 6) is 2.45. The fourth-order valence-electron chi connectivity index (χ4n) is 2.63. The Morgan fingerprint density at radius 1 is 1.12 bits per heavy atom. The molecule has 1 aromatic carbocycles. The van der Waals surface area contributed by atoms with Crippen LogP contribution in [0.2, 0.25) is 0 Å². The van der Waals surface area contributed by atoms with Gasteiger partial charge in [-0.05, 0) is 24.8 Å². The van der Waals surface area contributed by atoms with Crippen molar-refractivity contribution < 1.29 is 4.52 Å². The third-order valence-electron chi connectivity index (χ3n) is 4.06. The molecule has 0 atom stereocenters. The fraction of sp³-hybridized carbons (Fsp3) is 0.421. The Morgan fingerprint density at radius 3 is 2.40 bits per heavy atom. The van der Waals surface area contributed by atoms with Crippen molar-refractivity contribution in [2.75, 3.05) is 0 Å².